The first-order chi connectivity index (χ1) is 17.0. The van der Waals surface area contributed by atoms with Crippen LogP contribution in [0.2, 0.25) is 0 Å². The van der Waals surface area contributed by atoms with Crippen molar-refractivity contribution < 1.29 is 19.1 Å². The van der Waals surface area contributed by atoms with E-state index in [-0.39, 0.29) is 11.6 Å². The highest BCUT2D eigenvalue weighted by Gasteiger charge is 2.24. The van der Waals surface area contributed by atoms with Gasteiger partial charge in [0, 0.05) is 5.56 Å². The van der Waals surface area contributed by atoms with Gasteiger partial charge in [-0.1, -0.05) is 72.3 Å². The number of rotatable bonds is 5. The number of aliphatic imine (C=N–C) groups is 1. The summed E-state index contributed by atoms with van der Waals surface area (Å²) in [6, 6.07) is 31.8. The minimum absolute atomic E-state index is 0.205. The number of aryl methyl sites for hydroxylation is 1. The third-order valence-corrected chi connectivity index (χ3v) is 5.54. The van der Waals surface area contributed by atoms with E-state index in [4.69, 9.17) is 9.47 Å². The first-order valence-electron chi connectivity index (χ1n) is 11.1. The predicted molar refractivity (Wildman–Crippen MR) is 135 cm³/mol. The molecule has 5 heteroatoms. The molecule has 0 unspecified atom stereocenters. The Morgan fingerprint density at radius 3 is 2.09 bits per heavy atom. The van der Waals surface area contributed by atoms with Crippen LogP contribution in [0.5, 0.6) is 5.75 Å². The molecule has 5 rings (SSSR count). The second-order valence-electron chi connectivity index (χ2n) is 8.10. The lowest BCUT2D eigenvalue weighted by molar-refractivity contribution is -0.129. The number of carbonyl (C=O) groups is 2. The van der Waals surface area contributed by atoms with E-state index in [1.54, 1.807) is 42.5 Å². The van der Waals surface area contributed by atoms with Crippen molar-refractivity contribution in [2.24, 2.45) is 4.99 Å². The summed E-state index contributed by atoms with van der Waals surface area (Å²) >= 11 is 0. The Balaban J connectivity index is 1.28. The Labute approximate surface area is 203 Å². The van der Waals surface area contributed by atoms with Gasteiger partial charge in [0.15, 0.2) is 5.70 Å². The Morgan fingerprint density at radius 1 is 0.771 bits per heavy atom. The predicted octanol–water partition coefficient (Wildman–Crippen LogP) is 6.23. The van der Waals surface area contributed by atoms with Gasteiger partial charge in [-0.05, 0) is 66.1 Å². The SMILES string of the molecule is Cc1ccc(C(=O)Oc2ccc(/C=C3\N=C(c4ccc(-c5ccccc5)cc4)OC3=O)cc2)cc1. The van der Waals surface area contributed by atoms with Crippen molar-refractivity contribution in [1.29, 1.82) is 0 Å². The molecule has 4 aromatic rings. The van der Waals surface area contributed by atoms with Crippen LogP contribution in [-0.2, 0) is 9.53 Å². The second kappa shape index (κ2) is 9.61. The summed E-state index contributed by atoms with van der Waals surface area (Å²) in [7, 11) is 0. The van der Waals surface area contributed by atoms with Crippen LogP contribution in [0.3, 0.4) is 0 Å². The summed E-state index contributed by atoms with van der Waals surface area (Å²) in [6.07, 6.45) is 1.64. The molecule has 0 radical (unpaired) electrons. The summed E-state index contributed by atoms with van der Waals surface area (Å²) in [4.78, 5) is 29.0. The number of nitrogens with zero attached hydrogens (tertiary/aromatic N) is 1. The quantitative estimate of drug-likeness (QED) is 0.202. The van der Waals surface area contributed by atoms with Crippen molar-refractivity contribution in [2.75, 3.05) is 0 Å². The van der Waals surface area contributed by atoms with Crippen molar-refractivity contribution >= 4 is 23.9 Å². The fraction of sp³-hybridized carbons (Fsp3) is 0.0333. The van der Waals surface area contributed by atoms with Gasteiger partial charge in [-0.3, -0.25) is 0 Å². The van der Waals surface area contributed by atoms with E-state index in [0.29, 0.717) is 11.3 Å². The molecule has 0 N–H and O–H groups in total. The third kappa shape index (κ3) is 5.09. The van der Waals surface area contributed by atoms with E-state index >= 15 is 0 Å². The van der Waals surface area contributed by atoms with E-state index < -0.39 is 11.9 Å². The lowest BCUT2D eigenvalue weighted by Gasteiger charge is -2.05. The monoisotopic (exact) mass is 459 g/mol. The van der Waals surface area contributed by atoms with Gasteiger partial charge in [0.05, 0.1) is 5.56 Å². The highest BCUT2D eigenvalue weighted by atomic mass is 16.6. The Morgan fingerprint density at radius 2 is 1.40 bits per heavy atom. The molecule has 1 heterocycles. The van der Waals surface area contributed by atoms with E-state index in [1.807, 2.05) is 73.7 Å². The maximum absolute atomic E-state index is 12.4. The standard InChI is InChI=1S/C30H21NO4/c1-20-7-11-25(12-8-20)29(32)34-26-17-9-21(10-18-26)19-27-30(33)35-28(31-27)24-15-13-23(14-16-24)22-5-3-2-4-6-22/h2-19H,1H3/b27-19-. The molecule has 0 saturated heterocycles. The Kier molecular flexibility index (Phi) is 6.05. The lowest BCUT2D eigenvalue weighted by Crippen LogP contribution is -2.08. The molecule has 4 aromatic carbocycles. The summed E-state index contributed by atoms with van der Waals surface area (Å²) in [5, 5.41) is 0. The molecule has 1 aliphatic rings. The molecular weight excluding hydrogens is 438 g/mol. The van der Waals surface area contributed by atoms with Gasteiger partial charge < -0.3 is 9.47 Å². The van der Waals surface area contributed by atoms with E-state index in [1.165, 1.54) is 0 Å². The normalized spacial score (nSPS) is 13.9. The van der Waals surface area contributed by atoms with Crippen LogP contribution in [0.1, 0.15) is 27.0 Å². The Bertz CT molecular complexity index is 1430. The highest BCUT2D eigenvalue weighted by Crippen LogP contribution is 2.24. The van der Waals surface area contributed by atoms with E-state index in [2.05, 4.69) is 4.99 Å². The number of benzene rings is 4. The molecule has 0 amide bonds. The van der Waals surface area contributed by atoms with Gasteiger partial charge in [0.25, 0.3) is 0 Å². The maximum Gasteiger partial charge on any atom is 0.363 e. The third-order valence-electron chi connectivity index (χ3n) is 5.54. The number of esters is 2. The van der Waals surface area contributed by atoms with Gasteiger partial charge in [-0.25, -0.2) is 14.6 Å². The smallest absolute Gasteiger partial charge is 0.363 e. The van der Waals surface area contributed by atoms with Crippen molar-refractivity contribution in [1.82, 2.24) is 0 Å². The molecular formula is C30H21NO4. The number of hydrogen-bond acceptors (Lipinski definition) is 5. The van der Waals surface area contributed by atoms with Gasteiger partial charge >= 0.3 is 11.9 Å². The lowest BCUT2D eigenvalue weighted by atomic mass is 10.0. The van der Waals surface area contributed by atoms with Crippen LogP contribution in [0.4, 0.5) is 0 Å². The zero-order valence-corrected chi connectivity index (χ0v) is 19.0. The average molecular weight is 460 g/mol. The summed E-state index contributed by atoms with van der Waals surface area (Å²) < 4.78 is 10.8. The summed E-state index contributed by atoms with van der Waals surface area (Å²) in [6.45, 7) is 1.96. The average Bonchev–Trinajstić information content (AvgIpc) is 3.26. The maximum atomic E-state index is 12.4. The fourth-order valence-electron chi connectivity index (χ4n) is 3.61. The molecule has 0 atom stereocenters. The van der Waals surface area contributed by atoms with Gasteiger partial charge in [-0.2, -0.15) is 0 Å². The van der Waals surface area contributed by atoms with Crippen LogP contribution in [-0.4, -0.2) is 17.8 Å². The number of carbonyl (C=O) groups excluding carboxylic acids is 2. The number of ether oxygens (including phenoxy) is 2. The van der Waals surface area contributed by atoms with Crippen LogP contribution in [0.15, 0.2) is 114 Å². The molecule has 0 bridgehead atoms. The molecule has 5 nitrogen and oxygen atoms in total. The topological polar surface area (TPSA) is 65.0 Å². The molecule has 0 aliphatic carbocycles. The number of cyclic esters (lactones) is 1. The summed E-state index contributed by atoms with van der Waals surface area (Å²) in [5.74, 6) is -0.260. The second-order valence-corrected chi connectivity index (χ2v) is 8.10. The molecule has 35 heavy (non-hydrogen) atoms. The molecule has 0 saturated carbocycles. The van der Waals surface area contributed by atoms with Gasteiger partial charge in [-0.15, -0.1) is 0 Å². The van der Waals surface area contributed by atoms with Crippen LogP contribution < -0.4 is 4.74 Å². The zero-order chi connectivity index (χ0) is 24.2. The first kappa shape index (κ1) is 22.0. The van der Waals surface area contributed by atoms with Crippen LogP contribution in [0.25, 0.3) is 17.2 Å². The van der Waals surface area contributed by atoms with Crippen LogP contribution >= 0.6 is 0 Å². The minimum atomic E-state index is -0.512. The molecule has 0 aromatic heterocycles. The minimum Gasteiger partial charge on any atom is -0.423 e. The summed E-state index contributed by atoms with van der Waals surface area (Å²) in [5.41, 5.74) is 5.39. The zero-order valence-electron chi connectivity index (χ0n) is 19.0. The largest absolute Gasteiger partial charge is 0.423 e. The van der Waals surface area contributed by atoms with Crippen LogP contribution in [0, 0.1) is 6.92 Å². The van der Waals surface area contributed by atoms with Crippen molar-refractivity contribution in [2.45, 2.75) is 6.92 Å². The highest BCUT2D eigenvalue weighted by molar-refractivity contribution is 6.13. The first-order valence-corrected chi connectivity index (χ1v) is 11.1. The van der Waals surface area contributed by atoms with Crippen molar-refractivity contribution in [3.8, 4) is 16.9 Å². The van der Waals surface area contributed by atoms with E-state index in [9.17, 15) is 9.59 Å². The molecule has 1 aliphatic heterocycles. The van der Waals surface area contributed by atoms with Crippen molar-refractivity contribution in [3.63, 3.8) is 0 Å². The molecule has 170 valence electrons. The van der Waals surface area contributed by atoms with Gasteiger partial charge in [0.2, 0.25) is 5.90 Å². The Hall–Kier alpha value is -4.77. The molecule has 0 fully saturated rings. The van der Waals surface area contributed by atoms with Gasteiger partial charge in [0.1, 0.15) is 5.75 Å². The van der Waals surface area contributed by atoms with E-state index in [0.717, 1.165) is 27.8 Å². The number of hydrogen-bond donors (Lipinski definition) is 0. The van der Waals surface area contributed by atoms with Crippen molar-refractivity contribution in [3.05, 3.63) is 131 Å². The molecule has 0 spiro atoms. The fourth-order valence-corrected chi connectivity index (χ4v) is 3.61.